The average Bonchev–Trinajstić information content (AvgIpc) is 2.71. The van der Waals surface area contributed by atoms with E-state index in [9.17, 15) is 22.0 Å². The van der Waals surface area contributed by atoms with E-state index in [2.05, 4.69) is 0 Å². The molecule has 0 bridgehead atoms. The molecule has 3 aromatic carbocycles. The number of halogens is 6. The van der Waals surface area contributed by atoms with Crippen molar-refractivity contribution in [1.29, 1.82) is 0 Å². The lowest BCUT2D eigenvalue weighted by atomic mass is 9.85. The second-order valence-corrected chi connectivity index (χ2v) is 7.22. The van der Waals surface area contributed by atoms with Crippen molar-refractivity contribution < 1.29 is 26.3 Å². The van der Waals surface area contributed by atoms with Crippen LogP contribution in [0.15, 0.2) is 42.5 Å². The number of aryl methyl sites for hydroxylation is 1. The zero-order valence-corrected chi connectivity index (χ0v) is 15.9. The van der Waals surface area contributed by atoms with Gasteiger partial charge in [0, 0.05) is 11.1 Å². The molecule has 154 valence electrons. The Balaban J connectivity index is 1.73. The number of allylic oxidation sites excluding steroid dienone is 2. The molecule has 0 saturated heterocycles. The van der Waals surface area contributed by atoms with Gasteiger partial charge >= 0.3 is 0 Å². The molecular formula is C24H16F6. The molecule has 0 radical (unpaired) electrons. The fraction of sp³-hybridized carbons (Fsp3) is 0.167. The van der Waals surface area contributed by atoms with Gasteiger partial charge in [-0.15, -0.1) is 0 Å². The van der Waals surface area contributed by atoms with Crippen molar-refractivity contribution in [3.05, 3.63) is 99.6 Å². The Kier molecular flexibility index (Phi) is 5.18. The first-order valence-corrected chi connectivity index (χ1v) is 9.42. The molecule has 0 N–H and O–H groups in total. The van der Waals surface area contributed by atoms with Gasteiger partial charge in [0.25, 0.3) is 0 Å². The van der Waals surface area contributed by atoms with Crippen LogP contribution in [0.3, 0.4) is 0 Å². The average molecular weight is 418 g/mol. The fourth-order valence-corrected chi connectivity index (χ4v) is 3.81. The van der Waals surface area contributed by atoms with Crippen LogP contribution < -0.4 is 0 Å². The summed E-state index contributed by atoms with van der Waals surface area (Å²) in [6.45, 7) is 1.79. The summed E-state index contributed by atoms with van der Waals surface area (Å²) in [5, 5.41) is 0. The highest BCUT2D eigenvalue weighted by Crippen LogP contribution is 2.36. The molecule has 0 heterocycles. The van der Waals surface area contributed by atoms with E-state index in [0.717, 1.165) is 12.1 Å². The first kappa shape index (κ1) is 20.3. The molecule has 0 saturated carbocycles. The molecule has 1 aliphatic rings. The predicted octanol–water partition coefficient (Wildman–Crippen LogP) is 6.93. The summed E-state index contributed by atoms with van der Waals surface area (Å²) in [5.41, 5.74) is 1.40. The normalized spacial score (nSPS) is 13.2. The van der Waals surface area contributed by atoms with Crippen molar-refractivity contribution in [1.82, 2.24) is 0 Å². The molecule has 0 aliphatic heterocycles. The van der Waals surface area contributed by atoms with Gasteiger partial charge in [0.05, 0.1) is 0 Å². The quantitative estimate of drug-likeness (QED) is 0.320. The first-order valence-electron chi connectivity index (χ1n) is 9.42. The van der Waals surface area contributed by atoms with Crippen molar-refractivity contribution in [3.63, 3.8) is 0 Å². The number of rotatable bonds is 3. The predicted molar refractivity (Wildman–Crippen MR) is 103 cm³/mol. The zero-order valence-electron chi connectivity index (χ0n) is 15.9. The molecule has 1 aliphatic carbocycles. The van der Waals surface area contributed by atoms with E-state index < -0.39 is 34.9 Å². The van der Waals surface area contributed by atoms with Crippen LogP contribution >= 0.6 is 0 Å². The third-order valence-corrected chi connectivity index (χ3v) is 5.40. The van der Waals surface area contributed by atoms with E-state index in [4.69, 9.17) is 0 Å². The lowest BCUT2D eigenvalue weighted by molar-refractivity contribution is 0.447. The third-order valence-electron chi connectivity index (χ3n) is 5.40. The topological polar surface area (TPSA) is 0 Å². The Morgan fingerprint density at radius 2 is 1.40 bits per heavy atom. The summed E-state index contributed by atoms with van der Waals surface area (Å²) in [7, 11) is 0. The Hall–Kier alpha value is -3.02. The van der Waals surface area contributed by atoms with Crippen LogP contribution in [0.5, 0.6) is 0 Å². The van der Waals surface area contributed by atoms with Crippen LogP contribution in [-0.4, -0.2) is 0 Å². The molecule has 0 nitrogen and oxygen atoms in total. The Morgan fingerprint density at radius 3 is 2.00 bits per heavy atom. The Bertz CT molecular complexity index is 1150. The molecule has 30 heavy (non-hydrogen) atoms. The summed E-state index contributed by atoms with van der Waals surface area (Å²) in [5.74, 6) is -6.48. The van der Waals surface area contributed by atoms with Gasteiger partial charge in [0.1, 0.15) is 17.5 Å². The molecule has 6 heteroatoms. The Labute approximate surface area is 169 Å². The molecule has 0 atom stereocenters. The van der Waals surface area contributed by atoms with Crippen LogP contribution in [0.25, 0.3) is 16.7 Å². The van der Waals surface area contributed by atoms with Gasteiger partial charge in [0.2, 0.25) is 0 Å². The summed E-state index contributed by atoms with van der Waals surface area (Å²) in [6, 6.07) is 6.92. The summed E-state index contributed by atoms with van der Waals surface area (Å²) >= 11 is 0. The maximum Gasteiger partial charge on any atom is 0.194 e. The van der Waals surface area contributed by atoms with Crippen molar-refractivity contribution in [2.45, 2.75) is 26.2 Å². The minimum atomic E-state index is -1.62. The maximum atomic E-state index is 15.1. The lowest BCUT2D eigenvalue weighted by Gasteiger charge is -2.21. The highest BCUT2D eigenvalue weighted by atomic mass is 19.2. The highest BCUT2D eigenvalue weighted by molar-refractivity contribution is 5.74. The van der Waals surface area contributed by atoms with Crippen LogP contribution in [0.4, 0.5) is 26.3 Å². The molecule has 4 rings (SSSR count). The number of hydrogen-bond acceptors (Lipinski definition) is 0. The zero-order chi connectivity index (χ0) is 21.6. The standard InChI is InChI=1S/C24H16F6/c1-2-12-7-18(25)22(19(26)8-12)14-4-6-16-13(9-14)3-5-17(23(16)29)15-10-20(27)24(30)21(28)11-15/h3-5,7-8,10-11H,2,6,9H2,1H3. The molecule has 0 unspecified atom stereocenters. The van der Waals surface area contributed by atoms with E-state index in [0.29, 0.717) is 23.1 Å². The molecule has 0 spiro atoms. The van der Waals surface area contributed by atoms with Gasteiger partial charge in [-0.2, -0.15) is 0 Å². The van der Waals surface area contributed by atoms with Crippen LogP contribution in [0.2, 0.25) is 0 Å². The minimum absolute atomic E-state index is 0.0604. The van der Waals surface area contributed by atoms with Gasteiger partial charge < -0.3 is 0 Å². The Morgan fingerprint density at radius 1 is 0.767 bits per heavy atom. The molecule has 0 aromatic heterocycles. The van der Waals surface area contributed by atoms with Crippen molar-refractivity contribution in [2.24, 2.45) is 0 Å². The number of benzene rings is 3. The van der Waals surface area contributed by atoms with Gasteiger partial charge in [0.15, 0.2) is 17.5 Å². The van der Waals surface area contributed by atoms with E-state index in [1.165, 1.54) is 18.2 Å². The van der Waals surface area contributed by atoms with Gasteiger partial charge in [-0.25, -0.2) is 26.3 Å². The van der Waals surface area contributed by atoms with E-state index >= 15 is 4.39 Å². The first-order chi connectivity index (χ1) is 14.3. The van der Waals surface area contributed by atoms with Crippen molar-refractivity contribution in [2.75, 3.05) is 0 Å². The van der Waals surface area contributed by atoms with E-state index in [-0.39, 0.29) is 35.1 Å². The van der Waals surface area contributed by atoms with Gasteiger partial charge in [-0.1, -0.05) is 25.1 Å². The summed E-state index contributed by atoms with van der Waals surface area (Å²) in [4.78, 5) is 0. The largest absolute Gasteiger partial charge is 0.206 e. The molecule has 0 amide bonds. The van der Waals surface area contributed by atoms with Crippen LogP contribution in [0, 0.1) is 34.9 Å². The van der Waals surface area contributed by atoms with E-state index in [1.54, 1.807) is 19.1 Å². The third kappa shape index (κ3) is 3.40. The monoisotopic (exact) mass is 418 g/mol. The smallest absolute Gasteiger partial charge is 0.194 e. The fourth-order valence-electron chi connectivity index (χ4n) is 3.81. The van der Waals surface area contributed by atoms with E-state index in [1.807, 2.05) is 0 Å². The second-order valence-electron chi connectivity index (χ2n) is 7.22. The maximum absolute atomic E-state index is 15.1. The number of fused-ring (bicyclic) bond motifs is 1. The minimum Gasteiger partial charge on any atom is -0.206 e. The lowest BCUT2D eigenvalue weighted by Crippen LogP contribution is -2.09. The molecule has 0 fully saturated rings. The van der Waals surface area contributed by atoms with Crippen LogP contribution in [-0.2, 0) is 19.3 Å². The van der Waals surface area contributed by atoms with Crippen LogP contribution in [0.1, 0.15) is 29.2 Å². The summed E-state index contributed by atoms with van der Waals surface area (Å²) < 4.78 is 84.3. The summed E-state index contributed by atoms with van der Waals surface area (Å²) in [6.07, 6.45) is 2.21. The second kappa shape index (κ2) is 7.67. The molecule has 3 aromatic rings. The van der Waals surface area contributed by atoms with Gasteiger partial charge in [-0.3, -0.25) is 0 Å². The highest BCUT2D eigenvalue weighted by Gasteiger charge is 2.23. The number of hydrogen-bond donors (Lipinski definition) is 0. The van der Waals surface area contributed by atoms with Gasteiger partial charge in [-0.05, 0) is 71.4 Å². The van der Waals surface area contributed by atoms with Crippen molar-refractivity contribution in [3.8, 4) is 11.1 Å². The molecular weight excluding hydrogens is 402 g/mol. The SMILES string of the molecule is CCc1cc(F)c(C2=CCc3c(ccc(-c4cc(F)c(F)c(F)c4)c3F)C2)c(F)c1. The van der Waals surface area contributed by atoms with Crippen molar-refractivity contribution >= 4 is 5.57 Å².